The van der Waals surface area contributed by atoms with Gasteiger partial charge in [0.15, 0.2) is 0 Å². The first kappa shape index (κ1) is 11.0. The Bertz CT molecular complexity index is 605. The molecular weight excluding hydrogens is 226 g/mol. The summed E-state index contributed by atoms with van der Waals surface area (Å²) in [7, 11) is 0. The van der Waals surface area contributed by atoms with Crippen LogP contribution >= 0.6 is 0 Å². The third-order valence-corrected chi connectivity index (χ3v) is 3.24. The first-order valence-electron chi connectivity index (χ1n) is 5.98. The van der Waals surface area contributed by atoms with Crippen molar-refractivity contribution < 1.29 is 9.53 Å². The maximum atomic E-state index is 11.7. The highest BCUT2D eigenvalue weighted by atomic mass is 16.5. The maximum Gasteiger partial charge on any atom is 0.340 e. The van der Waals surface area contributed by atoms with Gasteiger partial charge in [-0.3, -0.25) is 4.98 Å². The van der Waals surface area contributed by atoms with Crippen LogP contribution in [-0.2, 0) is 11.2 Å². The molecule has 2 aromatic rings. The van der Waals surface area contributed by atoms with Gasteiger partial charge in [0, 0.05) is 23.9 Å². The van der Waals surface area contributed by atoms with E-state index in [0.717, 1.165) is 28.8 Å². The third-order valence-electron chi connectivity index (χ3n) is 3.24. The Morgan fingerprint density at radius 3 is 2.78 bits per heavy atom. The maximum absolute atomic E-state index is 11.7. The van der Waals surface area contributed by atoms with Crippen LogP contribution in [0.1, 0.15) is 21.6 Å². The number of rotatable bonds is 1. The highest BCUT2D eigenvalue weighted by Gasteiger charge is 2.23. The van der Waals surface area contributed by atoms with Crippen molar-refractivity contribution in [1.82, 2.24) is 4.98 Å². The number of aryl methyl sites for hydroxylation is 1. The van der Waals surface area contributed by atoms with Crippen LogP contribution in [0, 0.1) is 6.92 Å². The number of ether oxygens (including phenoxy) is 1. The summed E-state index contributed by atoms with van der Waals surface area (Å²) in [5.74, 6) is -0.263. The molecule has 0 saturated heterocycles. The van der Waals surface area contributed by atoms with Crippen LogP contribution < -0.4 is 0 Å². The molecule has 0 bridgehead atoms. The van der Waals surface area contributed by atoms with E-state index in [2.05, 4.69) is 4.98 Å². The predicted molar refractivity (Wildman–Crippen MR) is 68.4 cm³/mol. The minimum Gasteiger partial charge on any atom is -0.462 e. The molecule has 3 nitrogen and oxygen atoms in total. The topological polar surface area (TPSA) is 39.2 Å². The van der Waals surface area contributed by atoms with Crippen molar-refractivity contribution in [3.63, 3.8) is 0 Å². The summed E-state index contributed by atoms with van der Waals surface area (Å²) in [6, 6.07) is 10.1. The van der Waals surface area contributed by atoms with Crippen LogP contribution in [0.4, 0.5) is 0 Å². The molecule has 0 fully saturated rings. The number of fused-ring (bicyclic) bond motifs is 1. The van der Waals surface area contributed by atoms with Gasteiger partial charge in [0.25, 0.3) is 0 Å². The number of nitrogens with zero attached hydrogens (tertiary/aromatic N) is 1. The van der Waals surface area contributed by atoms with Gasteiger partial charge in [-0.2, -0.15) is 0 Å². The summed E-state index contributed by atoms with van der Waals surface area (Å²) in [5.41, 5.74) is 4.80. The Kier molecular flexibility index (Phi) is 2.59. The molecule has 1 aromatic carbocycles. The molecule has 0 saturated carbocycles. The Hall–Kier alpha value is -2.16. The van der Waals surface area contributed by atoms with Gasteiger partial charge in [0.2, 0.25) is 0 Å². The lowest BCUT2D eigenvalue weighted by molar-refractivity contribution is 0.0480. The fourth-order valence-electron chi connectivity index (χ4n) is 2.40. The number of hydrogen-bond donors (Lipinski definition) is 0. The number of carbonyl (C=O) groups excluding carboxylic acids is 1. The second kappa shape index (κ2) is 4.26. The monoisotopic (exact) mass is 239 g/mol. The molecule has 1 aliphatic rings. The van der Waals surface area contributed by atoms with E-state index in [-0.39, 0.29) is 5.97 Å². The average molecular weight is 239 g/mol. The molecule has 0 spiro atoms. The minimum atomic E-state index is -0.263. The fraction of sp³-hybridized carbons (Fsp3) is 0.200. The molecule has 18 heavy (non-hydrogen) atoms. The number of cyclic esters (lactones) is 1. The molecular formula is C15H13NO2. The molecule has 0 unspecified atom stereocenters. The normalized spacial score (nSPS) is 13.9. The zero-order chi connectivity index (χ0) is 12.5. The average Bonchev–Trinajstić information content (AvgIpc) is 2.40. The fourth-order valence-corrected chi connectivity index (χ4v) is 2.40. The molecule has 0 aliphatic carbocycles. The van der Waals surface area contributed by atoms with Crippen molar-refractivity contribution in [2.45, 2.75) is 13.3 Å². The van der Waals surface area contributed by atoms with Gasteiger partial charge < -0.3 is 4.74 Å². The van der Waals surface area contributed by atoms with Gasteiger partial charge in [-0.05, 0) is 18.1 Å². The van der Waals surface area contributed by atoms with Gasteiger partial charge >= 0.3 is 5.97 Å². The van der Waals surface area contributed by atoms with Gasteiger partial charge in [-0.15, -0.1) is 0 Å². The molecule has 0 radical (unpaired) electrons. The van der Waals surface area contributed by atoms with E-state index in [9.17, 15) is 4.79 Å². The largest absolute Gasteiger partial charge is 0.462 e. The Morgan fingerprint density at radius 1 is 1.22 bits per heavy atom. The highest BCUT2D eigenvalue weighted by Crippen LogP contribution is 2.31. The first-order chi connectivity index (χ1) is 8.77. The van der Waals surface area contributed by atoms with Gasteiger partial charge in [-0.1, -0.05) is 30.3 Å². The third kappa shape index (κ3) is 1.68. The summed E-state index contributed by atoms with van der Waals surface area (Å²) in [4.78, 5) is 16.0. The van der Waals surface area contributed by atoms with Gasteiger partial charge in [0.05, 0.1) is 12.2 Å². The number of benzene rings is 1. The Morgan fingerprint density at radius 2 is 2.00 bits per heavy atom. The second-order valence-corrected chi connectivity index (χ2v) is 4.36. The summed E-state index contributed by atoms with van der Waals surface area (Å²) >= 11 is 0. The number of pyridine rings is 1. The summed E-state index contributed by atoms with van der Waals surface area (Å²) in [5, 5.41) is 0. The van der Waals surface area contributed by atoms with Gasteiger partial charge in [-0.25, -0.2) is 4.79 Å². The molecule has 3 rings (SSSR count). The standard InChI is InChI=1S/C15H13NO2/c1-10-14(11-5-3-2-4-6-11)12-7-8-18-15(17)13(12)9-16-10/h2-6,9H,7-8H2,1H3. The zero-order valence-electron chi connectivity index (χ0n) is 10.1. The SMILES string of the molecule is Cc1ncc2c(c1-c1ccccc1)CCOC2=O. The van der Waals surface area contributed by atoms with Crippen LogP contribution in [-0.4, -0.2) is 17.6 Å². The number of hydrogen-bond acceptors (Lipinski definition) is 3. The van der Waals surface area contributed by atoms with E-state index >= 15 is 0 Å². The second-order valence-electron chi connectivity index (χ2n) is 4.36. The van der Waals surface area contributed by atoms with Crippen LogP contribution in [0.3, 0.4) is 0 Å². The lowest BCUT2D eigenvalue weighted by Crippen LogP contribution is -2.19. The number of carbonyl (C=O) groups is 1. The number of aromatic nitrogens is 1. The molecule has 0 amide bonds. The van der Waals surface area contributed by atoms with E-state index in [1.165, 1.54) is 0 Å². The summed E-state index contributed by atoms with van der Waals surface area (Å²) < 4.78 is 5.06. The van der Waals surface area contributed by atoms with E-state index < -0.39 is 0 Å². The van der Waals surface area contributed by atoms with Crippen molar-refractivity contribution >= 4 is 5.97 Å². The highest BCUT2D eigenvalue weighted by molar-refractivity contribution is 5.94. The van der Waals surface area contributed by atoms with E-state index in [4.69, 9.17) is 4.74 Å². The number of esters is 1. The molecule has 2 heterocycles. The Labute approximate surface area is 105 Å². The van der Waals surface area contributed by atoms with Crippen molar-refractivity contribution in [2.24, 2.45) is 0 Å². The molecule has 0 N–H and O–H groups in total. The van der Waals surface area contributed by atoms with Gasteiger partial charge in [0.1, 0.15) is 0 Å². The molecule has 3 heteroatoms. The zero-order valence-corrected chi connectivity index (χ0v) is 10.1. The van der Waals surface area contributed by atoms with Crippen molar-refractivity contribution in [3.8, 4) is 11.1 Å². The predicted octanol–water partition coefficient (Wildman–Crippen LogP) is 2.77. The van der Waals surface area contributed by atoms with Crippen molar-refractivity contribution in [1.29, 1.82) is 0 Å². The van der Waals surface area contributed by atoms with Crippen molar-refractivity contribution in [3.05, 3.63) is 53.3 Å². The van der Waals surface area contributed by atoms with Crippen LogP contribution in [0.15, 0.2) is 36.5 Å². The van der Waals surface area contributed by atoms with E-state index in [1.54, 1.807) is 6.20 Å². The molecule has 90 valence electrons. The molecule has 0 atom stereocenters. The Balaban J connectivity index is 2.26. The minimum absolute atomic E-state index is 0.263. The first-order valence-corrected chi connectivity index (χ1v) is 5.98. The quantitative estimate of drug-likeness (QED) is 0.718. The summed E-state index contributed by atoms with van der Waals surface area (Å²) in [6.45, 7) is 2.43. The van der Waals surface area contributed by atoms with Crippen LogP contribution in [0.25, 0.3) is 11.1 Å². The van der Waals surface area contributed by atoms with Crippen LogP contribution in [0.5, 0.6) is 0 Å². The lowest BCUT2D eigenvalue weighted by atomic mass is 9.92. The molecule has 1 aliphatic heterocycles. The molecule has 1 aromatic heterocycles. The van der Waals surface area contributed by atoms with E-state index in [0.29, 0.717) is 12.2 Å². The summed E-state index contributed by atoms with van der Waals surface area (Å²) in [6.07, 6.45) is 2.38. The smallest absolute Gasteiger partial charge is 0.340 e. The lowest BCUT2D eigenvalue weighted by Gasteiger charge is -2.20. The van der Waals surface area contributed by atoms with Crippen molar-refractivity contribution in [2.75, 3.05) is 6.61 Å². The van der Waals surface area contributed by atoms with E-state index in [1.807, 2.05) is 37.3 Å². The van der Waals surface area contributed by atoms with Crippen LogP contribution in [0.2, 0.25) is 0 Å².